The maximum atomic E-state index is 13.3. The van der Waals surface area contributed by atoms with Crippen molar-refractivity contribution in [3.63, 3.8) is 0 Å². The van der Waals surface area contributed by atoms with E-state index in [1.54, 1.807) is 22.7 Å². The van der Waals surface area contributed by atoms with Crippen LogP contribution < -0.4 is 25.4 Å². The number of amides is 5. The van der Waals surface area contributed by atoms with Crippen LogP contribution in [0.3, 0.4) is 0 Å². The molecule has 0 spiro atoms. The Morgan fingerprint density at radius 2 is 1.69 bits per heavy atom. The van der Waals surface area contributed by atoms with Gasteiger partial charge in [0.15, 0.2) is 5.65 Å². The number of aromatic nitrogens is 4. The van der Waals surface area contributed by atoms with E-state index in [0.29, 0.717) is 37.3 Å². The molecule has 306 valence electrons. The highest BCUT2D eigenvalue weighted by Gasteiger charge is 2.46. The minimum Gasteiger partial charge on any atom is -0.493 e. The lowest BCUT2D eigenvalue weighted by Gasteiger charge is -2.28. The van der Waals surface area contributed by atoms with Crippen LogP contribution in [0.25, 0.3) is 5.65 Å². The van der Waals surface area contributed by atoms with E-state index in [-0.39, 0.29) is 41.9 Å². The van der Waals surface area contributed by atoms with E-state index in [4.69, 9.17) is 19.4 Å². The molecule has 2 saturated heterocycles. The van der Waals surface area contributed by atoms with E-state index in [9.17, 15) is 24.0 Å². The summed E-state index contributed by atoms with van der Waals surface area (Å²) in [6.45, 7) is 7.02. The third-order valence-electron chi connectivity index (χ3n) is 10.9. The average Bonchev–Trinajstić information content (AvgIpc) is 3.75. The molecule has 16 nitrogen and oxygen atoms in total. The van der Waals surface area contributed by atoms with Crippen molar-refractivity contribution in [1.29, 1.82) is 0 Å². The number of fused-ring (bicyclic) bond motifs is 2. The number of unbranched alkanes of at least 4 members (excludes halogenated alkanes) is 4. The number of ether oxygens (including phenoxy) is 2. The number of hydrogen-bond acceptors (Lipinski definition) is 12. The van der Waals surface area contributed by atoms with Crippen LogP contribution in [0.2, 0.25) is 0 Å². The van der Waals surface area contributed by atoms with E-state index in [1.165, 1.54) is 0 Å². The fourth-order valence-corrected chi connectivity index (χ4v) is 7.52. The smallest absolute Gasteiger partial charge is 0.322 e. The molecule has 1 unspecified atom stereocenters. The average molecular weight is 794 g/mol. The summed E-state index contributed by atoms with van der Waals surface area (Å²) >= 11 is 0. The lowest BCUT2D eigenvalue weighted by atomic mass is 10.0. The van der Waals surface area contributed by atoms with Gasteiger partial charge in [0.1, 0.15) is 17.9 Å². The number of nitrogens with one attached hydrogen (secondary N) is 3. The summed E-state index contributed by atoms with van der Waals surface area (Å²) < 4.78 is 13.9. The van der Waals surface area contributed by atoms with Gasteiger partial charge in [0, 0.05) is 43.7 Å². The van der Waals surface area contributed by atoms with Crippen LogP contribution in [0.15, 0.2) is 48.7 Å². The second-order valence-corrected chi connectivity index (χ2v) is 15.5. The Labute approximate surface area is 337 Å². The summed E-state index contributed by atoms with van der Waals surface area (Å²) in [5, 5.41) is 13.2. The van der Waals surface area contributed by atoms with Gasteiger partial charge in [0.05, 0.1) is 23.9 Å². The topological polar surface area (TPSA) is 189 Å². The van der Waals surface area contributed by atoms with Gasteiger partial charge < -0.3 is 25.0 Å². The maximum Gasteiger partial charge on any atom is 0.322 e. The number of carbonyl (C=O) groups excluding carboxylic acids is 5. The Balaban J connectivity index is 0.817. The summed E-state index contributed by atoms with van der Waals surface area (Å²) in [7, 11) is 2.12. The highest BCUT2D eigenvalue weighted by Crippen LogP contribution is 2.34. The third-order valence-corrected chi connectivity index (χ3v) is 10.9. The summed E-state index contributed by atoms with van der Waals surface area (Å²) in [6.07, 6.45) is 8.46. The monoisotopic (exact) mass is 793 g/mol. The van der Waals surface area contributed by atoms with Crippen LogP contribution in [0.5, 0.6) is 11.8 Å². The molecule has 1 atom stereocenters. The second kappa shape index (κ2) is 18.1. The lowest BCUT2D eigenvalue weighted by molar-refractivity contribution is -0.136. The van der Waals surface area contributed by atoms with Crippen LogP contribution in [0.1, 0.15) is 116 Å². The number of likely N-dealkylation sites (tertiary alicyclic amines) is 1. The van der Waals surface area contributed by atoms with Crippen LogP contribution in [-0.2, 0) is 20.9 Å². The van der Waals surface area contributed by atoms with Gasteiger partial charge in [-0.15, -0.1) is 0 Å². The third kappa shape index (κ3) is 9.28. The second-order valence-electron chi connectivity index (χ2n) is 15.5. The normalized spacial score (nSPS) is 17.5. The van der Waals surface area contributed by atoms with Crippen LogP contribution in [0.4, 0.5) is 11.6 Å². The quantitative estimate of drug-likeness (QED) is 0.0950. The Morgan fingerprint density at radius 1 is 0.931 bits per heavy atom. The van der Waals surface area contributed by atoms with E-state index in [2.05, 4.69) is 46.8 Å². The number of imide groups is 2. The minimum atomic E-state index is -1.03. The Kier molecular flexibility index (Phi) is 12.6. The van der Waals surface area contributed by atoms with Crippen LogP contribution in [-0.4, -0.2) is 97.8 Å². The van der Waals surface area contributed by atoms with Crippen molar-refractivity contribution >= 4 is 46.8 Å². The molecule has 2 aromatic carbocycles. The van der Waals surface area contributed by atoms with Crippen molar-refractivity contribution in [2.45, 2.75) is 103 Å². The maximum absolute atomic E-state index is 13.3. The molecule has 3 aliphatic rings. The van der Waals surface area contributed by atoms with Crippen LogP contribution in [0, 0.1) is 0 Å². The first-order valence-electron chi connectivity index (χ1n) is 20.3. The van der Waals surface area contributed by atoms with Crippen LogP contribution >= 0.6 is 0 Å². The first-order chi connectivity index (χ1) is 28.0. The number of piperidine rings is 2. The summed E-state index contributed by atoms with van der Waals surface area (Å²) in [5.41, 5.74) is 3.83. The molecule has 0 radical (unpaired) electrons. The first-order valence-corrected chi connectivity index (χ1v) is 20.3. The van der Waals surface area contributed by atoms with Crippen molar-refractivity contribution < 1.29 is 33.4 Å². The van der Waals surface area contributed by atoms with Gasteiger partial charge >= 0.3 is 6.01 Å². The molecule has 3 aliphatic heterocycles. The van der Waals surface area contributed by atoms with Crippen molar-refractivity contribution in [3.05, 3.63) is 70.9 Å². The molecule has 2 aromatic heterocycles. The predicted molar refractivity (Wildman–Crippen MR) is 215 cm³/mol. The molecule has 0 bridgehead atoms. The molecule has 0 aliphatic carbocycles. The van der Waals surface area contributed by atoms with Gasteiger partial charge in [-0.25, -0.2) is 0 Å². The van der Waals surface area contributed by atoms with E-state index in [0.717, 1.165) is 85.4 Å². The molecular formula is C42H51N9O7. The highest BCUT2D eigenvalue weighted by molar-refractivity contribution is 6.24. The SMILES string of the molecule is CC(C)c1cnn2c(NCc3ccc(NC(=O)CCCCCCCOc4cccc5c4C(=O)N(C4CCC(=O)NC4=O)C5=O)cc3)nc(OC3CCN(C)CC3)nc12. The van der Waals surface area contributed by atoms with Gasteiger partial charge in [-0.2, -0.15) is 19.6 Å². The van der Waals surface area contributed by atoms with Gasteiger partial charge in [-0.05, 0) is 74.9 Å². The molecule has 4 aromatic rings. The van der Waals surface area contributed by atoms with Gasteiger partial charge in [-0.1, -0.05) is 51.3 Å². The van der Waals surface area contributed by atoms with Gasteiger partial charge in [-0.3, -0.25) is 34.2 Å². The molecule has 16 heteroatoms. The predicted octanol–water partition coefficient (Wildman–Crippen LogP) is 5.09. The molecule has 3 N–H and O–H groups in total. The number of nitrogens with zero attached hydrogens (tertiary/aromatic N) is 6. The summed E-state index contributed by atoms with van der Waals surface area (Å²) in [6, 6.07) is 11.9. The number of anilines is 2. The van der Waals surface area contributed by atoms with Gasteiger partial charge in [0.2, 0.25) is 23.7 Å². The number of rotatable bonds is 17. The van der Waals surface area contributed by atoms with Crippen molar-refractivity contribution in [2.75, 3.05) is 37.4 Å². The number of carbonyl (C=O) groups is 5. The fourth-order valence-electron chi connectivity index (χ4n) is 7.52. The lowest BCUT2D eigenvalue weighted by Crippen LogP contribution is -2.54. The Bertz CT molecular complexity index is 2160. The van der Waals surface area contributed by atoms with Crippen molar-refractivity contribution in [3.8, 4) is 11.8 Å². The zero-order chi connectivity index (χ0) is 40.8. The molecule has 2 fully saturated rings. The highest BCUT2D eigenvalue weighted by atomic mass is 16.5. The van der Waals surface area contributed by atoms with Gasteiger partial charge in [0.25, 0.3) is 11.8 Å². The first kappa shape index (κ1) is 40.3. The zero-order valence-corrected chi connectivity index (χ0v) is 33.3. The molecule has 5 heterocycles. The largest absolute Gasteiger partial charge is 0.493 e. The molecule has 58 heavy (non-hydrogen) atoms. The number of hydrogen-bond donors (Lipinski definition) is 3. The molecular weight excluding hydrogens is 743 g/mol. The standard InChI is InChI=1S/C42H51N9O7/c1-26(2)31-25-44-51-37(31)47-42(58-29-19-21-49(3)22-20-29)48-41(51)43-24-27-13-15-28(16-14-27)45-34(52)12-7-5-4-6-8-23-57-33-11-9-10-30-36(33)40(56)50(39(30)55)32-17-18-35(53)46-38(32)54/h9-11,13-16,25-26,29,32H,4-8,12,17-24H2,1-3H3,(H,45,52)(H,43,47,48)(H,46,53,54). The summed E-state index contributed by atoms with van der Waals surface area (Å²) in [4.78, 5) is 75.6. The Hall–Kier alpha value is -5.90. The van der Waals surface area contributed by atoms with E-state index >= 15 is 0 Å². The fraction of sp³-hybridized carbons (Fsp3) is 0.476. The molecule has 5 amide bonds. The van der Waals surface area contributed by atoms with E-state index < -0.39 is 29.7 Å². The molecule has 0 saturated carbocycles. The van der Waals surface area contributed by atoms with Crippen molar-refractivity contribution in [2.24, 2.45) is 0 Å². The van der Waals surface area contributed by atoms with E-state index in [1.807, 2.05) is 30.5 Å². The Morgan fingerprint density at radius 3 is 2.45 bits per heavy atom. The zero-order valence-electron chi connectivity index (χ0n) is 33.3. The minimum absolute atomic E-state index is 0.0436. The summed E-state index contributed by atoms with van der Waals surface area (Å²) in [5.74, 6) is -1.17. The number of benzene rings is 2. The van der Waals surface area contributed by atoms with Crippen molar-refractivity contribution in [1.82, 2.24) is 34.7 Å². The molecule has 7 rings (SSSR count).